The van der Waals surface area contributed by atoms with Crippen LogP contribution in [0.15, 0.2) is 30.3 Å². The topological polar surface area (TPSA) is 70.1 Å². The third-order valence-corrected chi connectivity index (χ3v) is 2.97. The van der Waals surface area contributed by atoms with Gasteiger partial charge in [-0.15, -0.1) is 0 Å². The van der Waals surface area contributed by atoms with Gasteiger partial charge in [0, 0.05) is 12.2 Å². The molecule has 0 radical (unpaired) electrons. The maximum atomic E-state index is 11.8. The normalized spacial score (nSPS) is 10.5. The molecule has 2 rings (SSSR count). The molecule has 0 aliphatic rings. The third-order valence-electron chi connectivity index (χ3n) is 2.97. The summed E-state index contributed by atoms with van der Waals surface area (Å²) in [4.78, 5) is 11.8. The number of ether oxygens (including phenoxy) is 1. The summed E-state index contributed by atoms with van der Waals surface area (Å²) in [6, 6.07) is 9.18. The van der Waals surface area contributed by atoms with E-state index in [-0.39, 0.29) is 19.0 Å². The van der Waals surface area contributed by atoms with Gasteiger partial charge in [0.05, 0.1) is 17.8 Å². The summed E-state index contributed by atoms with van der Waals surface area (Å²) < 4.78 is 7.12. The van der Waals surface area contributed by atoms with E-state index in [1.165, 1.54) is 0 Å². The van der Waals surface area contributed by atoms with Gasteiger partial charge < -0.3 is 10.5 Å². The minimum absolute atomic E-state index is 0.226. The predicted molar refractivity (Wildman–Crippen MR) is 77.0 cm³/mol. The molecule has 0 bridgehead atoms. The number of aryl methyl sites for hydroxylation is 2. The molecule has 5 nitrogen and oxygen atoms in total. The van der Waals surface area contributed by atoms with Gasteiger partial charge in [-0.25, -0.2) is 0 Å². The fourth-order valence-electron chi connectivity index (χ4n) is 2.06. The second-order valence-corrected chi connectivity index (χ2v) is 4.68. The molecule has 0 saturated carbocycles. The van der Waals surface area contributed by atoms with Crippen LogP contribution in [0, 0.1) is 6.92 Å². The Kier molecular flexibility index (Phi) is 4.40. The van der Waals surface area contributed by atoms with Crippen molar-refractivity contribution in [1.82, 2.24) is 9.78 Å². The number of nitrogens with two attached hydrogens (primary N) is 1. The number of nitrogen functional groups attached to an aromatic ring is 1. The highest BCUT2D eigenvalue weighted by Crippen LogP contribution is 2.10. The predicted octanol–water partition coefficient (Wildman–Crippen LogP) is 2.08. The van der Waals surface area contributed by atoms with Crippen molar-refractivity contribution in [2.45, 2.75) is 33.4 Å². The largest absolute Gasteiger partial charge is 0.459 e. The van der Waals surface area contributed by atoms with Gasteiger partial charge in [0.15, 0.2) is 0 Å². The number of rotatable bonds is 5. The van der Waals surface area contributed by atoms with E-state index in [1.807, 2.05) is 36.7 Å². The van der Waals surface area contributed by atoms with Crippen molar-refractivity contribution in [3.8, 4) is 0 Å². The van der Waals surface area contributed by atoms with Crippen LogP contribution in [0.2, 0.25) is 0 Å². The first-order valence-electron chi connectivity index (χ1n) is 6.62. The summed E-state index contributed by atoms with van der Waals surface area (Å²) in [5.74, 6) is -0.267. The van der Waals surface area contributed by atoms with Crippen LogP contribution in [-0.2, 0) is 29.1 Å². The lowest BCUT2D eigenvalue weighted by Crippen LogP contribution is -2.11. The van der Waals surface area contributed by atoms with Crippen molar-refractivity contribution in [2.75, 3.05) is 5.73 Å². The number of nitrogens with zero attached hydrogens (tertiary/aromatic N) is 2. The molecule has 2 N–H and O–H groups in total. The molecule has 0 fully saturated rings. The summed E-state index contributed by atoms with van der Waals surface area (Å²) in [5, 5.41) is 4.31. The second-order valence-electron chi connectivity index (χ2n) is 4.68. The number of hydrogen-bond acceptors (Lipinski definition) is 4. The standard InChI is InChI=1S/C15H19N3O2/c1-3-18-14(7-11(2)17-18)10-20-15(19)9-12-5-4-6-13(16)8-12/h4-8H,3,9-10,16H2,1-2H3. The lowest BCUT2D eigenvalue weighted by atomic mass is 10.1. The Morgan fingerprint density at radius 2 is 2.20 bits per heavy atom. The van der Waals surface area contributed by atoms with Crippen LogP contribution < -0.4 is 5.73 Å². The number of aromatic nitrogens is 2. The quantitative estimate of drug-likeness (QED) is 0.669. The number of hydrogen-bond donors (Lipinski definition) is 1. The maximum Gasteiger partial charge on any atom is 0.310 e. The van der Waals surface area contributed by atoms with Crippen molar-refractivity contribution in [1.29, 1.82) is 0 Å². The van der Waals surface area contributed by atoms with Crippen molar-refractivity contribution in [3.63, 3.8) is 0 Å². The first kappa shape index (κ1) is 14.1. The monoisotopic (exact) mass is 273 g/mol. The molecular formula is C15H19N3O2. The molecule has 0 aliphatic heterocycles. The van der Waals surface area contributed by atoms with Gasteiger partial charge in [0.25, 0.3) is 0 Å². The lowest BCUT2D eigenvalue weighted by Gasteiger charge is -2.07. The number of carbonyl (C=O) groups is 1. The Morgan fingerprint density at radius 3 is 2.90 bits per heavy atom. The molecule has 1 aromatic heterocycles. The van der Waals surface area contributed by atoms with Gasteiger partial charge in [0.2, 0.25) is 0 Å². The molecule has 0 spiro atoms. The maximum absolute atomic E-state index is 11.8. The second kappa shape index (κ2) is 6.23. The molecule has 1 heterocycles. The fraction of sp³-hybridized carbons (Fsp3) is 0.333. The molecular weight excluding hydrogens is 254 g/mol. The van der Waals surface area contributed by atoms with E-state index in [9.17, 15) is 4.79 Å². The Labute approximate surface area is 118 Å². The van der Waals surface area contributed by atoms with Crippen molar-refractivity contribution in [2.24, 2.45) is 0 Å². The molecule has 0 aliphatic carbocycles. The average Bonchev–Trinajstić information content (AvgIpc) is 2.77. The molecule has 20 heavy (non-hydrogen) atoms. The molecule has 5 heteroatoms. The van der Waals surface area contributed by atoms with E-state index in [4.69, 9.17) is 10.5 Å². The highest BCUT2D eigenvalue weighted by molar-refractivity contribution is 5.73. The lowest BCUT2D eigenvalue weighted by molar-refractivity contribution is -0.144. The van der Waals surface area contributed by atoms with E-state index in [1.54, 1.807) is 12.1 Å². The van der Waals surface area contributed by atoms with Gasteiger partial charge in [-0.2, -0.15) is 5.10 Å². The first-order chi connectivity index (χ1) is 9.58. The van der Waals surface area contributed by atoms with E-state index in [0.29, 0.717) is 5.69 Å². The molecule has 0 atom stereocenters. The summed E-state index contributed by atoms with van der Waals surface area (Å²) in [7, 11) is 0. The number of benzene rings is 1. The average molecular weight is 273 g/mol. The van der Waals surface area contributed by atoms with Crippen molar-refractivity contribution >= 4 is 11.7 Å². The van der Waals surface area contributed by atoms with Crippen LogP contribution in [0.5, 0.6) is 0 Å². The third kappa shape index (κ3) is 3.60. The Hall–Kier alpha value is -2.30. The fourth-order valence-corrected chi connectivity index (χ4v) is 2.06. The summed E-state index contributed by atoms with van der Waals surface area (Å²) in [6.45, 7) is 4.93. The van der Waals surface area contributed by atoms with Crippen molar-refractivity contribution < 1.29 is 9.53 Å². The highest BCUT2D eigenvalue weighted by Gasteiger charge is 2.09. The zero-order valence-corrected chi connectivity index (χ0v) is 11.8. The van der Waals surface area contributed by atoms with Gasteiger partial charge in [-0.1, -0.05) is 12.1 Å². The van der Waals surface area contributed by atoms with Crippen LogP contribution in [0.25, 0.3) is 0 Å². The molecule has 0 unspecified atom stereocenters. The van der Waals surface area contributed by atoms with Crippen LogP contribution in [0.3, 0.4) is 0 Å². The minimum Gasteiger partial charge on any atom is -0.459 e. The van der Waals surface area contributed by atoms with E-state index >= 15 is 0 Å². The first-order valence-corrected chi connectivity index (χ1v) is 6.62. The summed E-state index contributed by atoms with van der Waals surface area (Å²) in [6.07, 6.45) is 0.226. The van der Waals surface area contributed by atoms with Crippen molar-refractivity contribution in [3.05, 3.63) is 47.3 Å². The van der Waals surface area contributed by atoms with Crippen LogP contribution >= 0.6 is 0 Å². The highest BCUT2D eigenvalue weighted by atomic mass is 16.5. The summed E-state index contributed by atoms with van der Waals surface area (Å²) >= 11 is 0. The molecule has 0 saturated heterocycles. The van der Waals surface area contributed by atoms with Gasteiger partial charge in [-0.3, -0.25) is 9.48 Å². The Bertz CT molecular complexity index is 605. The number of carbonyl (C=O) groups excluding carboxylic acids is 1. The van der Waals surface area contributed by atoms with Crippen LogP contribution in [0.4, 0.5) is 5.69 Å². The molecule has 106 valence electrons. The van der Waals surface area contributed by atoms with E-state index in [0.717, 1.165) is 23.5 Å². The smallest absolute Gasteiger partial charge is 0.310 e. The molecule has 0 amide bonds. The number of esters is 1. The van der Waals surface area contributed by atoms with E-state index < -0.39 is 0 Å². The van der Waals surface area contributed by atoms with Crippen LogP contribution in [0.1, 0.15) is 23.9 Å². The summed E-state index contributed by atoms with van der Waals surface area (Å²) in [5.41, 5.74) is 9.01. The van der Waals surface area contributed by atoms with Gasteiger partial charge in [0.1, 0.15) is 6.61 Å². The van der Waals surface area contributed by atoms with Gasteiger partial charge >= 0.3 is 5.97 Å². The number of anilines is 1. The molecule has 1 aromatic carbocycles. The zero-order chi connectivity index (χ0) is 14.5. The van der Waals surface area contributed by atoms with E-state index in [2.05, 4.69) is 5.10 Å². The molecule has 2 aromatic rings. The SMILES string of the molecule is CCn1nc(C)cc1COC(=O)Cc1cccc(N)c1. The minimum atomic E-state index is -0.267. The van der Waals surface area contributed by atoms with Gasteiger partial charge in [-0.05, 0) is 37.6 Å². The Balaban J connectivity index is 1.92. The Morgan fingerprint density at radius 1 is 1.40 bits per heavy atom. The zero-order valence-electron chi connectivity index (χ0n) is 11.8. The van der Waals surface area contributed by atoms with Crippen LogP contribution in [-0.4, -0.2) is 15.7 Å².